The molecule has 0 spiro atoms. The Kier molecular flexibility index (Phi) is 6.01. The SMILES string of the molecule is CCOc1ccc(C2=C(C=C(C#N)C#N)C(c3ccc(F)cc3)c3ccccc3O2)cc1. The molecule has 0 N–H and O–H groups in total. The van der Waals surface area contributed by atoms with Gasteiger partial charge in [-0.25, -0.2) is 4.39 Å². The summed E-state index contributed by atoms with van der Waals surface area (Å²) in [6.45, 7) is 2.47. The highest BCUT2D eigenvalue weighted by molar-refractivity contribution is 5.75. The maximum Gasteiger partial charge on any atom is 0.138 e. The van der Waals surface area contributed by atoms with E-state index in [0.29, 0.717) is 23.7 Å². The second-order valence-corrected chi connectivity index (χ2v) is 7.15. The molecule has 1 aliphatic rings. The van der Waals surface area contributed by atoms with Crippen LogP contribution < -0.4 is 9.47 Å². The average molecular weight is 422 g/mol. The Hall–Kier alpha value is -4.35. The molecule has 32 heavy (non-hydrogen) atoms. The van der Waals surface area contributed by atoms with E-state index in [1.54, 1.807) is 18.2 Å². The average Bonchev–Trinajstić information content (AvgIpc) is 2.83. The Balaban J connectivity index is 1.97. The van der Waals surface area contributed by atoms with Gasteiger partial charge in [-0.1, -0.05) is 30.3 Å². The van der Waals surface area contributed by atoms with Crippen molar-refractivity contribution in [2.45, 2.75) is 12.8 Å². The zero-order chi connectivity index (χ0) is 22.5. The van der Waals surface area contributed by atoms with Crippen LogP contribution in [0.25, 0.3) is 5.76 Å². The topological polar surface area (TPSA) is 66.0 Å². The zero-order valence-electron chi connectivity index (χ0n) is 17.4. The van der Waals surface area contributed by atoms with Crippen molar-refractivity contribution < 1.29 is 13.9 Å². The number of nitriles is 2. The highest BCUT2D eigenvalue weighted by Gasteiger charge is 2.31. The van der Waals surface area contributed by atoms with Gasteiger partial charge in [0.15, 0.2) is 0 Å². The molecule has 1 heterocycles. The maximum absolute atomic E-state index is 13.7. The van der Waals surface area contributed by atoms with Crippen LogP contribution in [0.15, 0.2) is 90.0 Å². The normalized spacial score (nSPS) is 14.4. The third-order valence-electron chi connectivity index (χ3n) is 5.19. The molecule has 0 aromatic heterocycles. The quantitative estimate of drug-likeness (QED) is 0.464. The lowest BCUT2D eigenvalue weighted by atomic mass is 9.80. The van der Waals surface area contributed by atoms with Crippen LogP contribution in [0.1, 0.15) is 29.5 Å². The minimum absolute atomic E-state index is 0.0430. The van der Waals surface area contributed by atoms with E-state index in [9.17, 15) is 14.9 Å². The van der Waals surface area contributed by atoms with E-state index in [1.165, 1.54) is 12.1 Å². The summed E-state index contributed by atoms with van der Waals surface area (Å²) in [6.07, 6.45) is 1.55. The summed E-state index contributed by atoms with van der Waals surface area (Å²) >= 11 is 0. The van der Waals surface area contributed by atoms with Gasteiger partial charge in [-0.15, -0.1) is 0 Å². The van der Waals surface area contributed by atoms with Crippen molar-refractivity contribution in [3.63, 3.8) is 0 Å². The van der Waals surface area contributed by atoms with E-state index in [1.807, 2.05) is 67.6 Å². The smallest absolute Gasteiger partial charge is 0.138 e. The van der Waals surface area contributed by atoms with Gasteiger partial charge < -0.3 is 9.47 Å². The first-order valence-electron chi connectivity index (χ1n) is 10.2. The molecule has 156 valence electrons. The molecular formula is C27H19FN2O2. The monoisotopic (exact) mass is 422 g/mol. The Bertz CT molecular complexity index is 1260. The molecule has 0 saturated heterocycles. The molecule has 0 bridgehead atoms. The molecule has 5 heteroatoms. The van der Waals surface area contributed by atoms with Gasteiger partial charge in [0.05, 0.1) is 6.61 Å². The summed E-state index contributed by atoms with van der Waals surface area (Å²) in [7, 11) is 0. The molecule has 4 rings (SSSR count). The zero-order valence-corrected chi connectivity index (χ0v) is 17.4. The first-order chi connectivity index (χ1) is 15.6. The Morgan fingerprint density at radius 3 is 2.34 bits per heavy atom. The molecule has 3 aromatic carbocycles. The van der Waals surface area contributed by atoms with Gasteiger partial charge in [-0.2, -0.15) is 10.5 Å². The van der Waals surface area contributed by atoms with Gasteiger partial charge in [-0.3, -0.25) is 0 Å². The lowest BCUT2D eigenvalue weighted by molar-refractivity contribution is 0.340. The molecule has 1 unspecified atom stereocenters. The van der Waals surface area contributed by atoms with Gasteiger partial charge in [0.1, 0.15) is 40.8 Å². The number of nitrogens with zero attached hydrogens (tertiary/aromatic N) is 2. The second kappa shape index (κ2) is 9.20. The minimum Gasteiger partial charge on any atom is -0.494 e. The van der Waals surface area contributed by atoms with Gasteiger partial charge in [0.2, 0.25) is 0 Å². The van der Waals surface area contributed by atoms with Crippen molar-refractivity contribution in [3.8, 4) is 23.6 Å². The number of para-hydroxylation sites is 1. The van der Waals surface area contributed by atoms with E-state index in [2.05, 4.69) is 0 Å². The number of ether oxygens (including phenoxy) is 2. The molecule has 0 saturated carbocycles. The van der Waals surface area contributed by atoms with Crippen LogP contribution in [0.4, 0.5) is 4.39 Å². The molecule has 0 aliphatic carbocycles. The Labute approximate surface area is 186 Å². The number of hydrogen-bond donors (Lipinski definition) is 0. The minimum atomic E-state index is -0.348. The summed E-state index contributed by atoms with van der Waals surface area (Å²) in [5.41, 5.74) is 3.08. The molecule has 1 aliphatic heterocycles. The van der Waals surface area contributed by atoms with Crippen molar-refractivity contribution in [3.05, 3.63) is 113 Å². The van der Waals surface area contributed by atoms with Crippen LogP contribution in [0.3, 0.4) is 0 Å². The van der Waals surface area contributed by atoms with E-state index in [-0.39, 0.29) is 17.3 Å². The van der Waals surface area contributed by atoms with E-state index in [0.717, 1.165) is 22.4 Å². The summed E-state index contributed by atoms with van der Waals surface area (Å²) in [4.78, 5) is 0. The van der Waals surface area contributed by atoms with Crippen LogP contribution in [0.5, 0.6) is 11.5 Å². The van der Waals surface area contributed by atoms with Gasteiger partial charge in [0, 0.05) is 22.6 Å². The fourth-order valence-electron chi connectivity index (χ4n) is 3.78. The summed E-state index contributed by atoms with van der Waals surface area (Å²) in [5, 5.41) is 18.9. The third-order valence-corrected chi connectivity index (χ3v) is 5.19. The molecular weight excluding hydrogens is 403 g/mol. The van der Waals surface area contributed by atoms with Crippen LogP contribution in [0.2, 0.25) is 0 Å². The summed E-state index contributed by atoms with van der Waals surface area (Å²) < 4.78 is 25.5. The number of rotatable bonds is 5. The Morgan fingerprint density at radius 1 is 1.00 bits per heavy atom. The number of hydrogen-bond acceptors (Lipinski definition) is 4. The molecule has 3 aromatic rings. The standard InChI is InChI=1S/C27H19FN2O2/c1-2-31-22-13-9-20(10-14-22)27-24(15-18(16-29)17-30)26(19-7-11-21(28)12-8-19)23-5-3-4-6-25(23)32-27/h3-15,26H,2H2,1H3. The van der Waals surface area contributed by atoms with Crippen molar-refractivity contribution in [2.75, 3.05) is 6.61 Å². The van der Waals surface area contributed by atoms with E-state index < -0.39 is 0 Å². The van der Waals surface area contributed by atoms with Crippen molar-refractivity contribution in [2.24, 2.45) is 0 Å². The van der Waals surface area contributed by atoms with Crippen LogP contribution in [-0.4, -0.2) is 6.61 Å². The number of fused-ring (bicyclic) bond motifs is 1. The van der Waals surface area contributed by atoms with Crippen molar-refractivity contribution in [1.29, 1.82) is 10.5 Å². The predicted molar refractivity (Wildman–Crippen MR) is 119 cm³/mol. The molecule has 4 nitrogen and oxygen atoms in total. The fraction of sp³-hybridized carbons (Fsp3) is 0.111. The number of benzene rings is 3. The largest absolute Gasteiger partial charge is 0.494 e. The van der Waals surface area contributed by atoms with E-state index >= 15 is 0 Å². The van der Waals surface area contributed by atoms with Crippen LogP contribution in [-0.2, 0) is 0 Å². The Morgan fingerprint density at radius 2 is 1.69 bits per heavy atom. The van der Waals surface area contributed by atoms with Crippen LogP contribution in [0, 0.1) is 28.5 Å². The second-order valence-electron chi connectivity index (χ2n) is 7.15. The maximum atomic E-state index is 13.7. The van der Waals surface area contributed by atoms with Crippen LogP contribution >= 0.6 is 0 Å². The first kappa shape index (κ1) is 20.9. The predicted octanol–water partition coefficient (Wildman–Crippen LogP) is 6.13. The molecule has 1 atom stereocenters. The van der Waals surface area contributed by atoms with Gasteiger partial charge in [-0.05, 0) is 61.0 Å². The summed E-state index contributed by atoms with van der Waals surface area (Å²) in [6, 6.07) is 25.1. The first-order valence-corrected chi connectivity index (χ1v) is 10.2. The molecule has 0 fully saturated rings. The third kappa shape index (κ3) is 4.10. The van der Waals surface area contributed by atoms with Crippen molar-refractivity contribution in [1.82, 2.24) is 0 Å². The number of halogens is 1. The lowest BCUT2D eigenvalue weighted by Crippen LogP contribution is -2.16. The highest BCUT2D eigenvalue weighted by atomic mass is 19.1. The molecule has 0 amide bonds. The lowest BCUT2D eigenvalue weighted by Gasteiger charge is -2.30. The molecule has 0 radical (unpaired) electrons. The highest BCUT2D eigenvalue weighted by Crippen LogP contribution is 2.46. The van der Waals surface area contributed by atoms with Gasteiger partial charge >= 0.3 is 0 Å². The van der Waals surface area contributed by atoms with E-state index in [4.69, 9.17) is 9.47 Å². The fourth-order valence-corrected chi connectivity index (χ4v) is 3.78. The number of allylic oxidation sites excluding steroid dienone is 3. The van der Waals surface area contributed by atoms with Crippen molar-refractivity contribution >= 4 is 5.76 Å². The van der Waals surface area contributed by atoms with Gasteiger partial charge in [0.25, 0.3) is 0 Å². The summed E-state index contributed by atoms with van der Waals surface area (Å²) in [5.74, 6) is 1.24.